The molecule has 0 unspecified atom stereocenters. The summed E-state index contributed by atoms with van der Waals surface area (Å²) < 4.78 is 0. The Kier molecular flexibility index (Phi) is 4.24. The van der Waals surface area contributed by atoms with Crippen LogP contribution in [0.3, 0.4) is 0 Å². The van der Waals surface area contributed by atoms with E-state index in [4.69, 9.17) is 5.11 Å². The van der Waals surface area contributed by atoms with Gasteiger partial charge in [0.2, 0.25) is 0 Å². The van der Waals surface area contributed by atoms with E-state index in [2.05, 4.69) is 10.3 Å². The summed E-state index contributed by atoms with van der Waals surface area (Å²) in [5.74, 6) is -1.26. The quantitative estimate of drug-likeness (QED) is 0.835. The SMILES string of the molecule is O=C(O)/C=C/c1cccc(NC(=O)c2ccncc2)c1. The lowest BCUT2D eigenvalue weighted by atomic mass is 10.1. The Balaban J connectivity index is 2.12. The Morgan fingerprint density at radius 1 is 1.15 bits per heavy atom. The maximum Gasteiger partial charge on any atom is 0.328 e. The third kappa shape index (κ3) is 3.78. The number of hydrogen-bond acceptors (Lipinski definition) is 3. The van der Waals surface area contributed by atoms with Crippen molar-refractivity contribution in [3.05, 3.63) is 66.0 Å². The van der Waals surface area contributed by atoms with Gasteiger partial charge in [0.05, 0.1) is 0 Å². The maximum atomic E-state index is 11.9. The van der Waals surface area contributed by atoms with Crippen LogP contribution < -0.4 is 5.32 Å². The topological polar surface area (TPSA) is 79.3 Å². The number of anilines is 1. The number of benzene rings is 1. The van der Waals surface area contributed by atoms with Crippen LogP contribution in [0.2, 0.25) is 0 Å². The van der Waals surface area contributed by atoms with Crippen molar-refractivity contribution in [2.45, 2.75) is 0 Å². The van der Waals surface area contributed by atoms with Gasteiger partial charge in [0.15, 0.2) is 0 Å². The second-order valence-electron chi connectivity index (χ2n) is 3.99. The first kappa shape index (κ1) is 13.5. The minimum absolute atomic E-state index is 0.244. The number of pyridine rings is 1. The van der Waals surface area contributed by atoms with Gasteiger partial charge in [-0.1, -0.05) is 12.1 Å². The van der Waals surface area contributed by atoms with Crippen LogP contribution in [0, 0.1) is 0 Å². The molecule has 100 valence electrons. The first-order chi connectivity index (χ1) is 9.65. The molecule has 0 aliphatic heterocycles. The van der Waals surface area contributed by atoms with E-state index in [0.29, 0.717) is 16.8 Å². The number of aromatic nitrogens is 1. The summed E-state index contributed by atoms with van der Waals surface area (Å²) in [6.45, 7) is 0. The van der Waals surface area contributed by atoms with Crippen LogP contribution in [-0.4, -0.2) is 22.0 Å². The van der Waals surface area contributed by atoms with Crippen molar-refractivity contribution in [2.24, 2.45) is 0 Å². The van der Waals surface area contributed by atoms with E-state index < -0.39 is 5.97 Å². The third-order valence-electron chi connectivity index (χ3n) is 2.51. The number of amides is 1. The molecule has 5 heteroatoms. The number of carbonyl (C=O) groups excluding carboxylic acids is 1. The number of carbonyl (C=O) groups is 2. The summed E-state index contributed by atoms with van der Waals surface area (Å²) in [7, 11) is 0. The molecule has 0 aliphatic carbocycles. The summed E-state index contributed by atoms with van der Waals surface area (Å²) in [5, 5.41) is 11.3. The van der Waals surface area contributed by atoms with E-state index in [0.717, 1.165) is 6.08 Å². The zero-order chi connectivity index (χ0) is 14.4. The van der Waals surface area contributed by atoms with Gasteiger partial charge in [-0.2, -0.15) is 0 Å². The van der Waals surface area contributed by atoms with E-state index in [-0.39, 0.29) is 5.91 Å². The van der Waals surface area contributed by atoms with Crippen molar-refractivity contribution in [3.63, 3.8) is 0 Å². The van der Waals surface area contributed by atoms with E-state index in [1.54, 1.807) is 48.8 Å². The second-order valence-corrected chi connectivity index (χ2v) is 3.99. The number of rotatable bonds is 4. The number of carboxylic acids is 1. The Morgan fingerprint density at radius 3 is 2.60 bits per heavy atom. The van der Waals surface area contributed by atoms with Crippen LogP contribution >= 0.6 is 0 Å². The van der Waals surface area contributed by atoms with Gasteiger partial charge in [-0.05, 0) is 35.9 Å². The van der Waals surface area contributed by atoms with Gasteiger partial charge >= 0.3 is 5.97 Å². The smallest absolute Gasteiger partial charge is 0.328 e. The number of nitrogens with zero attached hydrogens (tertiary/aromatic N) is 1. The molecular formula is C15H12N2O3. The number of aliphatic carboxylic acids is 1. The zero-order valence-corrected chi connectivity index (χ0v) is 10.5. The normalized spacial score (nSPS) is 10.4. The monoisotopic (exact) mass is 268 g/mol. The van der Waals surface area contributed by atoms with Gasteiger partial charge in [-0.15, -0.1) is 0 Å². The Bertz CT molecular complexity index is 651. The molecule has 0 saturated carbocycles. The molecule has 0 atom stereocenters. The fraction of sp³-hybridized carbons (Fsp3) is 0. The first-order valence-corrected chi connectivity index (χ1v) is 5.87. The van der Waals surface area contributed by atoms with Crippen LogP contribution in [0.5, 0.6) is 0 Å². The molecule has 1 aromatic carbocycles. The summed E-state index contributed by atoms with van der Waals surface area (Å²) in [6, 6.07) is 10.1. The summed E-state index contributed by atoms with van der Waals surface area (Å²) in [5.41, 5.74) is 1.80. The molecule has 5 nitrogen and oxygen atoms in total. The molecule has 0 radical (unpaired) electrons. The summed E-state index contributed by atoms with van der Waals surface area (Å²) >= 11 is 0. The van der Waals surface area contributed by atoms with Crippen LogP contribution in [0.1, 0.15) is 15.9 Å². The standard InChI is InChI=1S/C15H12N2O3/c18-14(19)5-4-11-2-1-3-13(10-11)17-15(20)12-6-8-16-9-7-12/h1-10H,(H,17,20)(H,18,19)/b5-4+. The van der Waals surface area contributed by atoms with Gasteiger partial charge in [-0.25, -0.2) is 4.79 Å². The number of carboxylic acid groups (broad SMARTS) is 1. The lowest BCUT2D eigenvalue weighted by molar-refractivity contribution is -0.131. The van der Waals surface area contributed by atoms with Gasteiger partial charge < -0.3 is 10.4 Å². The van der Waals surface area contributed by atoms with Gasteiger partial charge in [0.1, 0.15) is 0 Å². The highest BCUT2D eigenvalue weighted by Crippen LogP contribution is 2.13. The third-order valence-corrected chi connectivity index (χ3v) is 2.51. The molecule has 2 aromatic rings. The lowest BCUT2D eigenvalue weighted by Gasteiger charge is -2.05. The molecule has 20 heavy (non-hydrogen) atoms. The van der Waals surface area contributed by atoms with Crippen LogP contribution in [0.15, 0.2) is 54.9 Å². The predicted octanol–water partition coefficient (Wildman–Crippen LogP) is 2.43. The van der Waals surface area contributed by atoms with Crippen molar-refractivity contribution in [1.29, 1.82) is 0 Å². The molecule has 0 bridgehead atoms. The average Bonchev–Trinajstić information content (AvgIpc) is 2.46. The molecule has 2 rings (SSSR count). The molecule has 0 fully saturated rings. The molecule has 0 aliphatic rings. The van der Waals surface area contributed by atoms with Crippen LogP contribution in [0.4, 0.5) is 5.69 Å². The van der Waals surface area contributed by atoms with Crippen LogP contribution in [-0.2, 0) is 4.79 Å². The minimum Gasteiger partial charge on any atom is -0.478 e. The van der Waals surface area contributed by atoms with Gasteiger partial charge in [0, 0.05) is 29.7 Å². The first-order valence-electron chi connectivity index (χ1n) is 5.87. The van der Waals surface area contributed by atoms with Crippen molar-refractivity contribution >= 4 is 23.6 Å². The largest absolute Gasteiger partial charge is 0.478 e. The van der Waals surface area contributed by atoms with E-state index >= 15 is 0 Å². The predicted molar refractivity (Wildman–Crippen MR) is 75.3 cm³/mol. The molecule has 1 aromatic heterocycles. The van der Waals surface area contributed by atoms with Crippen molar-refractivity contribution in [2.75, 3.05) is 5.32 Å². The van der Waals surface area contributed by atoms with E-state index in [1.165, 1.54) is 6.08 Å². The molecule has 0 spiro atoms. The Labute approximate surface area is 115 Å². The van der Waals surface area contributed by atoms with E-state index in [1.807, 2.05) is 0 Å². The van der Waals surface area contributed by atoms with Crippen molar-refractivity contribution in [3.8, 4) is 0 Å². The number of hydrogen-bond donors (Lipinski definition) is 2. The zero-order valence-electron chi connectivity index (χ0n) is 10.5. The Hall–Kier alpha value is -2.95. The minimum atomic E-state index is -1.02. The fourth-order valence-corrected chi connectivity index (χ4v) is 1.59. The molecule has 2 N–H and O–H groups in total. The van der Waals surface area contributed by atoms with E-state index in [9.17, 15) is 9.59 Å². The Morgan fingerprint density at radius 2 is 1.90 bits per heavy atom. The summed E-state index contributed by atoms with van der Waals surface area (Å²) in [4.78, 5) is 26.2. The van der Waals surface area contributed by atoms with Crippen LogP contribution in [0.25, 0.3) is 6.08 Å². The highest BCUT2D eigenvalue weighted by molar-refractivity contribution is 6.04. The molecule has 0 saturated heterocycles. The molecular weight excluding hydrogens is 256 g/mol. The number of nitrogens with one attached hydrogen (secondary N) is 1. The lowest BCUT2D eigenvalue weighted by Crippen LogP contribution is -2.11. The molecule has 1 heterocycles. The van der Waals surface area contributed by atoms with Crippen molar-refractivity contribution in [1.82, 2.24) is 4.98 Å². The van der Waals surface area contributed by atoms with Gasteiger partial charge in [-0.3, -0.25) is 9.78 Å². The second kappa shape index (κ2) is 6.29. The summed E-state index contributed by atoms with van der Waals surface area (Å²) in [6.07, 6.45) is 5.59. The molecule has 1 amide bonds. The average molecular weight is 268 g/mol. The fourth-order valence-electron chi connectivity index (χ4n) is 1.59. The van der Waals surface area contributed by atoms with Gasteiger partial charge in [0.25, 0.3) is 5.91 Å². The highest BCUT2D eigenvalue weighted by Gasteiger charge is 2.05. The highest BCUT2D eigenvalue weighted by atomic mass is 16.4. The van der Waals surface area contributed by atoms with Crippen molar-refractivity contribution < 1.29 is 14.7 Å². The maximum absolute atomic E-state index is 11.9.